The van der Waals surface area contributed by atoms with Gasteiger partial charge in [-0.1, -0.05) is 31.0 Å². The van der Waals surface area contributed by atoms with Crippen molar-refractivity contribution in [3.05, 3.63) is 63.5 Å². The lowest BCUT2D eigenvalue weighted by Gasteiger charge is -2.34. The second kappa shape index (κ2) is 15.7. The summed E-state index contributed by atoms with van der Waals surface area (Å²) >= 11 is 0. The van der Waals surface area contributed by atoms with E-state index in [9.17, 15) is 9.59 Å². The Kier molecular flexibility index (Phi) is 11.7. The number of halogens is 3. The van der Waals surface area contributed by atoms with Crippen molar-refractivity contribution in [2.75, 3.05) is 31.5 Å². The third kappa shape index (κ3) is 7.88. The summed E-state index contributed by atoms with van der Waals surface area (Å²) in [7, 11) is 0. The molecule has 2 aliphatic heterocycles. The van der Waals surface area contributed by atoms with Crippen LogP contribution in [-0.4, -0.2) is 57.9 Å². The lowest BCUT2D eigenvalue weighted by molar-refractivity contribution is -0.107. The Morgan fingerprint density at radius 3 is 2.47 bits per heavy atom. The van der Waals surface area contributed by atoms with E-state index >= 15 is 13.2 Å². The summed E-state index contributed by atoms with van der Waals surface area (Å²) in [5, 5.41) is 7.04. The number of hydrogen-bond donors (Lipinski definition) is 2. The Bertz CT molecular complexity index is 1560. The molecular formula is C36H49F3N6O2. The number of piperidine rings is 2. The molecular weight excluding hydrogens is 605 g/mol. The number of anilines is 1. The Morgan fingerprint density at radius 1 is 1.04 bits per heavy atom. The van der Waals surface area contributed by atoms with Gasteiger partial charge >= 0.3 is 0 Å². The first kappa shape index (κ1) is 35.0. The van der Waals surface area contributed by atoms with Crippen LogP contribution in [0.1, 0.15) is 107 Å². The van der Waals surface area contributed by atoms with Crippen LogP contribution in [-0.2, 0) is 17.3 Å². The molecule has 8 nitrogen and oxygen atoms in total. The third-order valence-electron chi connectivity index (χ3n) is 10.1. The molecule has 2 aromatic heterocycles. The van der Waals surface area contributed by atoms with E-state index in [4.69, 9.17) is 0 Å². The number of hydrogen-bond acceptors (Lipinski definition) is 7. The highest BCUT2D eigenvalue weighted by Gasteiger charge is 2.44. The minimum Gasteiger partial charge on any atom is -0.363 e. The number of rotatable bonds is 14. The number of nitrogens with zero attached hydrogens (tertiary/aromatic N) is 4. The van der Waals surface area contributed by atoms with E-state index in [2.05, 4.69) is 39.3 Å². The van der Waals surface area contributed by atoms with Crippen molar-refractivity contribution in [1.29, 1.82) is 0 Å². The van der Waals surface area contributed by atoms with Crippen LogP contribution in [0.15, 0.2) is 35.4 Å². The molecule has 1 unspecified atom stereocenters. The van der Waals surface area contributed by atoms with Crippen molar-refractivity contribution in [2.45, 2.75) is 109 Å². The standard InChI is InChI=1S/C36H49F3N6O2/c1-24(2)44-19-14-26(15-20-44)29-22-30-33(41-23-42-34(30)45(35(29)47)18-7-5-4-6-8-21-46)43-25(3)28-10-9-11-31(32(28)37)36(38,39)27-12-16-40-17-13-27/h9-11,21-27,40H,4-8,12-20H2,1-3H3,(H,41,42,43). The second-order valence-corrected chi connectivity index (χ2v) is 13.5. The van der Waals surface area contributed by atoms with Crippen LogP contribution >= 0.6 is 0 Å². The van der Waals surface area contributed by atoms with Gasteiger partial charge in [-0.05, 0) is 97.5 Å². The normalized spacial score (nSPS) is 17.8. The van der Waals surface area contributed by atoms with Gasteiger partial charge in [0.1, 0.15) is 29.9 Å². The zero-order valence-corrected chi connectivity index (χ0v) is 27.9. The summed E-state index contributed by atoms with van der Waals surface area (Å²) in [4.78, 5) is 36.2. The van der Waals surface area contributed by atoms with Gasteiger partial charge in [0.2, 0.25) is 0 Å². The molecule has 2 aliphatic rings. The van der Waals surface area contributed by atoms with Crippen LogP contribution < -0.4 is 16.2 Å². The molecule has 11 heteroatoms. The van der Waals surface area contributed by atoms with Gasteiger partial charge in [-0.25, -0.2) is 23.1 Å². The fourth-order valence-electron chi connectivity index (χ4n) is 7.23. The van der Waals surface area contributed by atoms with Gasteiger partial charge in [0.25, 0.3) is 11.5 Å². The number of carbonyl (C=O) groups excluding carboxylic acids is 1. The maximum absolute atomic E-state index is 15.9. The summed E-state index contributed by atoms with van der Waals surface area (Å²) in [6.07, 6.45) is 8.51. The molecule has 0 aliphatic carbocycles. The Hall–Kier alpha value is -3.31. The van der Waals surface area contributed by atoms with Crippen molar-refractivity contribution in [3.63, 3.8) is 0 Å². The topological polar surface area (TPSA) is 92.2 Å². The minimum absolute atomic E-state index is 0.0509. The number of carbonyl (C=O) groups is 1. The number of aryl methyl sites for hydroxylation is 1. The van der Waals surface area contributed by atoms with Crippen molar-refractivity contribution in [1.82, 2.24) is 24.8 Å². The SMILES string of the molecule is CC(Nc1ncnc2c1cc(C1CCN(C(C)C)CC1)c(=O)n2CCCCCCC=O)c1cccc(C(F)(F)C2CCNCC2)c1F. The average Bonchev–Trinajstić information content (AvgIpc) is 3.07. The van der Waals surface area contributed by atoms with E-state index in [0.717, 1.165) is 63.5 Å². The van der Waals surface area contributed by atoms with E-state index in [1.165, 1.54) is 24.5 Å². The number of benzene rings is 1. The summed E-state index contributed by atoms with van der Waals surface area (Å²) in [6.45, 7) is 9.36. The van der Waals surface area contributed by atoms with Crippen molar-refractivity contribution < 1.29 is 18.0 Å². The molecule has 5 rings (SSSR count). The minimum atomic E-state index is -3.28. The summed E-state index contributed by atoms with van der Waals surface area (Å²) in [5.74, 6) is -4.60. The summed E-state index contributed by atoms with van der Waals surface area (Å²) < 4.78 is 48.8. The summed E-state index contributed by atoms with van der Waals surface area (Å²) in [5.41, 5.74) is 0.725. The molecule has 0 bridgehead atoms. The van der Waals surface area contributed by atoms with Gasteiger partial charge < -0.3 is 20.3 Å². The van der Waals surface area contributed by atoms with Gasteiger partial charge in [-0.15, -0.1) is 0 Å². The Balaban J connectivity index is 1.47. The van der Waals surface area contributed by atoms with Crippen LogP contribution in [0.3, 0.4) is 0 Å². The molecule has 0 spiro atoms. The van der Waals surface area contributed by atoms with Crippen LogP contribution in [0.25, 0.3) is 11.0 Å². The number of aldehydes is 1. The van der Waals surface area contributed by atoms with E-state index in [1.54, 1.807) is 11.5 Å². The molecule has 3 aromatic rings. The lowest BCUT2D eigenvalue weighted by Crippen LogP contribution is -2.39. The number of unbranched alkanes of at least 4 members (excludes halogenated alkanes) is 4. The van der Waals surface area contributed by atoms with Gasteiger partial charge in [-0.3, -0.25) is 9.36 Å². The van der Waals surface area contributed by atoms with Crippen molar-refractivity contribution in [2.24, 2.45) is 5.92 Å². The molecule has 2 N–H and O–H groups in total. The van der Waals surface area contributed by atoms with Crippen LogP contribution in [0, 0.1) is 11.7 Å². The van der Waals surface area contributed by atoms with Gasteiger partial charge in [0.05, 0.1) is 17.0 Å². The van der Waals surface area contributed by atoms with Crippen LogP contribution in [0.4, 0.5) is 19.0 Å². The predicted molar refractivity (Wildman–Crippen MR) is 180 cm³/mol. The first-order valence-electron chi connectivity index (χ1n) is 17.3. The van der Waals surface area contributed by atoms with E-state index in [0.29, 0.717) is 48.9 Å². The number of likely N-dealkylation sites (tertiary alicyclic amines) is 1. The van der Waals surface area contributed by atoms with E-state index in [1.807, 2.05) is 6.07 Å². The number of aromatic nitrogens is 3. The molecule has 0 amide bonds. The molecule has 0 radical (unpaired) electrons. The molecule has 47 heavy (non-hydrogen) atoms. The Labute approximate surface area is 275 Å². The predicted octanol–water partition coefficient (Wildman–Crippen LogP) is 6.93. The second-order valence-electron chi connectivity index (χ2n) is 13.5. The first-order chi connectivity index (χ1) is 22.6. The molecule has 1 atom stereocenters. The summed E-state index contributed by atoms with van der Waals surface area (Å²) in [6, 6.07) is 5.86. The molecule has 0 saturated carbocycles. The molecule has 4 heterocycles. The third-order valence-corrected chi connectivity index (χ3v) is 10.1. The fraction of sp³-hybridized carbons (Fsp3) is 0.611. The molecule has 2 fully saturated rings. The fourth-order valence-corrected chi connectivity index (χ4v) is 7.23. The highest BCUT2D eigenvalue weighted by molar-refractivity contribution is 5.87. The van der Waals surface area contributed by atoms with Gasteiger partial charge in [-0.2, -0.15) is 0 Å². The van der Waals surface area contributed by atoms with Crippen LogP contribution in [0.2, 0.25) is 0 Å². The highest BCUT2D eigenvalue weighted by Crippen LogP contribution is 2.43. The number of alkyl halides is 2. The van der Waals surface area contributed by atoms with Crippen molar-refractivity contribution in [3.8, 4) is 0 Å². The molecule has 256 valence electrons. The largest absolute Gasteiger partial charge is 0.363 e. The average molecular weight is 655 g/mol. The number of pyridine rings is 1. The number of nitrogens with one attached hydrogen (secondary N) is 2. The maximum atomic E-state index is 15.9. The number of fused-ring (bicyclic) bond motifs is 1. The molecule has 1 aromatic carbocycles. The zero-order valence-electron chi connectivity index (χ0n) is 27.9. The first-order valence-corrected chi connectivity index (χ1v) is 17.3. The van der Waals surface area contributed by atoms with E-state index < -0.39 is 29.3 Å². The van der Waals surface area contributed by atoms with Crippen LogP contribution in [0.5, 0.6) is 0 Å². The quantitative estimate of drug-likeness (QED) is 0.144. The van der Waals surface area contributed by atoms with Gasteiger partial charge in [0.15, 0.2) is 0 Å². The zero-order chi connectivity index (χ0) is 33.6. The lowest BCUT2D eigenvalue weighted by atomic mass is 9.86. The van der Waals surface area contributed by atoms with Gasteiger partial charge in [0, 0.05) is 36.1 Å². The monoisotopic (exact) mass is 654 g/mol. The van der Waals surface area contributed by atoms with E-state index in [-0.39, 0.29) is 29.9 Å². The molecule has 2 saturated heterocycles. The highest BCUT2D eigenvalue weighted by atomic mass is 19.3. The Morgan fingerprint density at radius 2 is 1.77 bits per heavy atom. The smallest absolute Gasteiger partial charge is 0.278 e. The van der Waals surface area contributed by atoms with Crippen molar-refractivity contribution >= 4 is 23.1 Å². The maximum Gasteiger partial charge on any atom is 0.278 e.